The molecule has 0 aliphatic heterocycles. The maximum Gasteiger partial charge on any atom is 0.411 e. The molecular weight excluding hydrogens is 316 g/mol. The molecule has 0 unspecified atom stereocenters. The van der Waals surface area contributed by atoms with Gasteiger partial charge in [0.05, 0.1) is 0 Å². The van der Waals surface area contributed by atoms with E-state index in [0.717, 1.165) is 11.1 Å². The topological polar surface area (TPSA) is 49.9 Å². The summed E-state index contributed by atoms with van der Waals surface area (Å²) in [6, 6.07) is 18.4. The van der Waals surface area contributed by atoms with Gasteiger partial charge in [-0.1, -0.05) is 60.7 Å². The molecule has 0 saturated carbocycles. The number of hydrogen-bond donors (Lipinski definition) is 0. The number of ether oxygens (including phenoxy) is 1. The second-order valence-corrected chi connectivity index (χ2v) is 6.06. The summed E-state index contributed by atoms with van der Waals surface area (Å²) in [7, 11) is 3.35. The van der Waals surface area contributed by atoms with Crippen molar-refractivity contribution in [1.82, 2.24) is 9.80 Å². The Balaban J connectivity index is 2.12. The van der Waals surface area contributed by atoms with Crippen LogP contribution in [-0.4, -0.2) is 41.9 Å². The zero-order valence-corrected chi connectivity index (χ0v) is 14.9. The molecule has 5 heteroatoms. The highest BCUT2D eigenvalue weighted by Crippen LogP contribution is 2.13. The SMILES string of the molecule is C[C@@H](C(=O)N(C)C)N(Cc1ccccc1)C(=O)OCc1ccccc1. The van der Waals surface area contributed by atoms with E-state index in [1.165, 1.54) is 9.80 Å². The molecule has 0 saturated heterocycles. The average Bonchev–Trinajstić information content (AvgIpc) is 2.64. The molecule has 2 aromatic carbocycles. The van der Waals surface area contributed by atoms with Crippen LogP contribution in [0.25, 0.3) is 0 Å². The molecule has 0 aromatic heterocycles. The van der Waals surface area contributed by atoms with Gasteiger partial charge in [-0.2, -0.15) is 0 Å². The summed E-state index contributed by atoms with van der Waals surface area (Å²) in [5.41, 5.74) is 1.85. The van der Waals surface area contributed by atoms with E-state index in [0.29, 0.717) is 6.54 Å². The molecule has 5 nitrogen and oxygen atoms in total. The number of carbonyl (C=O) groups is 2. The van der Waals surface area contributed by atoms with Crippen LogP contribution in [0.5, 0.6) is 0 Å². The number of carbonyl (C=O) groups excluding carboxylic acids is 2. The zero-order chi connectivity index (χ0) is 18.2. The van der Waals surface area contributed by atoms with Crippen LogP contribution in [0, 0.1) is 0 Å². The number of hydrogen-bond acceptors (Lipinski definition) is 3. The number of rotatable bonds is 6. The summed E-state index contributed by atoms with van der Waals surface area (Å²) < 4.78 is 5.43. The first kappa shape index (κ1) is 18.5. The lowest BCUT2D eigenvalue weighted by molar-refractivity contribution is -0.133. The van der Waals surface area contributed by atoms with E-state index >= 15 is 0 Å². The first-order valence-electron chi connectivity index (χ1n) is 8.21. The van der Waals surface area contributed by atoms with Crippen LogP contribution in [0.3, 0.4) is 0 Å². The molecule has 0 aliphatic carbocycles. The highest BCUT2D eigenvalue weighted by molar-refractivity contribution is 5.85. The molecule has 132 valence electrons. The Bertz CT molecular complexity index is 687. The fraction of sp³-hybridized carbons (Fsp3) is 0.300. The zero-order valence-electron chi connectivity index (χ0n) is 14.9. The van der Waals surface area contributed by atoms with Crippen molar-refractivity contribution in [1.29, 1.82) is 0 Å². The van der Waals surface area contributed by atoms with Gasteiger partial charge in [-0.25, -0.2) is 4.79 Å². The van der Waals surface area contributed by atoms with Gasteiger partial charge in [0.15, 0.2) is 0 Å². The number of nitrogens with zero attached hydrogens (tertiary/aromatic N) is 2. The molecule has 2 aromatic rings. The van der Waals surface area contributed by atoms with Crippen LogP contribution in [-0.2, 0) is 22.7 Å². The summed E-state index contributed by atoms with van der Waals surface area (Å²) in [4.78, 5) is 27.9. The molecular formula is C20H24N2O3. The van der Waals surface area contributed by atoms with Gasteiger partial charge >= 0.3 is 6.09 Å². The molecule has 2 rings (SSSR count). The van der Waals surface area contributed by atoms with E-state index in [1.54, 1.807) is 21.0 Å². The van der Waals surface area contributed by atoms with E-state index in [4.69, 9.17) is 4.74 Å². The first-order valence-corrected chi connectivity index (χ1v) is 8.21. The normalized spacial score (nSPS) is 11.5. The summed E-state index contributed by atoms with van der Waals surface area (Å²) in [6.07, 6.45) is -0.504. The lowest BCUT2D eigenvalue weighted by atomic mass is 10.2. The van der Waals surface area contributed by atoms with Crippen LogP contribution in [0.1, 0.15) is 18.1 Å². The van der Waals surface area contributed by atoms with Crippen molar-refractivity contribution in [3.05, 3.63) is 71.8 Å². The van der Waals surface area contributed by atoms with E-state index in [2.05, 4.69) is 0 Å². The molecule has 0 radical (unpaired) electrons. The Kier molecular flexibility index (Phi) is 6.57. The molecule has 0 bridgehead atoms. The van der Waals surface area contributed by atoms with Crippen molar-refractivity contribution >= 4 is 12.0 Å². The summed E-state index contributed by atoms with van der Waals surface area (Å²) in [5, 5.41) is 0. The van der Waals surface area contributed by atoms with E-state index in [-0.39, 0.29) is 12.5 Å². The third-order valence-electron chi connectivity index (χ3n) is 3.90. The molecule has 1 atom stereocenters. The third-order valence-corrected chi connectivity index (χ3v) is 3.90. The lowest BCUT2D eigenvalue weighted by Crippen LogP contribution is -2.47. The molecule has 2 amide bonds. The summed E-state index contributed by atoms with van der Waals surface area (Å²) in [5.74, 6) is -0.146. The van der Waals surface area contributed by atoms with Gasteiger partial charge in [-0.15, -0.1) is 0 Å². The van der Waals surface area contributed by atoms with Gasteiger partial charge in [0.1, 0.15) is 12.6 Å². The van der Waals surface area contributed by atoms with Gasteiger partial charge in [0, 0.05) is 20.6 Å². The van der Waals surface area contributed by atoms with Crippen LogP contribution in [0.15, 0.2) is 60.7 Å². The second kappa shape index (κ2) is 8.87. The minimum Gasteiger partial charge on any atom is -0.445 e. The predicted molar refractivity (Wildman–Crippen MR) is 96.8 cm³/mol. The maximum atomic E-state index is 12.6. The molecule has 0 N–H and O–H groups in total. The molecule has 0 spiro atoms. The number of benzene rings is 2. The minimum absolute atomic E-state index is 0.146. The van der Waals surface area contributed by atoms with Crippen LogP contribution in [0.4, 0.5) is 4.79 Å². The minimum atomic E-state index is -0.613. The first-order chi connectivity index (χ1) is 12.0. The Labute approximate surface area is 148 Å². The third kappa shape index (κ3) is 5.35. The van der Waals surface area contributed by atoms with Crippen molar-refractivity contribution in [3.63, 3.8) is 0 Å². The van der Waals surface area contributed by atoms with Crippen molar-refractivity contribution in [2.45, 2.75) is 26.1 Å². The van der Waals surface area contributed by atoms with Gasteiger partial charge in [0.2, 0.25) is 5.91 Å². The highest BCUT2D eigenvalue weighted by atomic mass is 16.6. The molecule has 0 heterocycles. The van der Waals surface area contributed by atoms with Crippen LogP contribution < -0.4 is 0 Å². The van der Waals surface area contributed by atoms with Gasteiger partial charge in [-0.05, 0) is 18.1 Å². The standard InChI is InChI=1S/C20H24N2O3/c1-16(19(23)21(2)3)22(14-17-10-6-4-7-11-17)20(24)25-15-18-12-8-5-9-13-18/h4-13,16H,14-15H2,1-3H3/t16-/m0/s1. The fourth-order valence-corrected chi connectivity index (χ4v) is 2.45. The Hall–Kier alpha value is -2.82. The van der Waals surface area contributed by atoms with Crippen molar-refractivity contribution < 1.29 is 14.3 Å². The van der Waals surface area contributed by atoms with Gasteiger partial charge < -0.3 is 9.64 Å². The van der Waals surface area contributed by atoms with Gasteiger partial charge in [0.25, 0.3) is 0 Å². The monoisotopic (exact) mass is 340 g/mol. The van der Waals surface area contributed by atoms with Crippen molar-refractivity contribution in [2.24, 2.45) is 0 Å². The van der Waals surface area contributed by atoms with Crippen molar-refractivity contribution in [3.8, 4) is 0 Å². The second-order valence-electron chi connectivity index (χ2n) is 6.06. The fourth-order valence-electron chi connectivity index (χ4n) is 2.45. The molecule has 0 fully saturated rings. The van der Waals surface area contributed by atoms with Crippen molar-refractivity contribution in [2.75, 3.05) is 14.1 Å². The van der Waals surface area contributed by atoms with E-state index in [9.17, 15) is 9.59 Å². The van der Waals surface area contributed by atoms with E-state index in [1.807, 2.05) is 60.7 Å². The summed E-state index contributed by atoms with van der Waals surface area (Å²) in [6.45, 7) is 2.21. The number of amides is 2. The number of likely N-dealkylation sites (N-methyl/N-ethyl adjacent to an activating group) is 1. The smallest absolute Gasteiger partial charge is 0.411 e. The Morgan fingerprint density at radius 1 is 0.920 bits per heavy atom. The average molecular weight is 340 g/mol. The van der Waals surface area contributed by atoms with Crippen LogP contribution in [0.2, 0.25) is 0 Å². The Morgan fingerprint density at radius 3 is 1.96 bits per heavy atom. The summed E-state index contributed by atoms with van der Waals surface area (Å²) >= 11 is 0. The lowest BCUT2D eigenvalue weighted by Gasteiger charge is -2.29. The Morgan fingerprint density at radius 2 is 1.44 bits per heavy atom. The largest absolute Gasteiger partial charge is 0.445 e. The van der Waals surface area contributed by atoms with E-state index < -0.39 is 12.1 Å². The predicted octanol–water partition coefficient (Wildman–Crippen LogP) is 3.30. The van der Waals surface area contributed by atoms with Crippen LogP contribution >= 0.6 is 0 Å². The molecule has 25 heavy (non-hydrogen) atoms. The van der Waals surface area contributed by atoms with Gasteiger partial charge in [-0.3, -0.25) is 9.69 Å². The molecule has 0 aliphatic rings. The maximum absolute atomic E-state index is 12.6. The highest BCUT2D eigenvalue weighted by Gasteiger charge is 2.28. The quantitative estimate of drug-likeness (QED) is 0.811.